The Morgan fingerprint density at radius 1 is 1.24 bits per heavy atom. The fourth-order valence-electron chi connectivity index (χ4n) is 2.80. The first-order chi connectivity index (χ1) is 7.74. The molecule has 0 aliphatic carbocycles. The van der Waals surface area contributed by atoms with Crippen LogP contribution in [-0.2, 0) is 10.2 Å². The fourth-order valence-corrected chi connectivity index (χ4v) is 3.16. The van der Waals surface area contributed by atoms with Crippen molar-refractivity contribution in [3.63, 3.8) is 0 Å². The Morgan fingerprint density at radius 2 is 1.94 bits per heavy atom. The second kappa shape index (κ2) is 4.48. The standard InChI is InChI=1S/C12H13ClN2O.ClH/c13-8-2-1-3-9-10(8)12(11(16)15-9)4-6-14-7-5-12;/h1-3,14H,4-7H2,(H,15,16);1H. The number of carbonyl (C=O) groups excluding carboxylic acids is 1. The zero-order valence-corrected chi connectivity index (χ0v) is 10.8. The molecule has 5 heteroatoms. The van der Waals surface area contributed by atoms with Crippen molar-refractivity contribution in [3.05, 3.63) is 28.8 Å². The van der Waals surface area contributed by atoms with E-state index in [1.54, 1.807) is 0 Å². The maximum Gasteiger partial charge on any atom is 0.235 e. The minimum atomic E-state index is -0.390. The third-order valence-electron chi connectivity index (χ3n) is 3.63. The summed E-state index contributed by atoms with van der Waals surface area (Å²) in [7, 11) is 0. The minimum absolute atomic E-state index is 0. The van der Waals surface area contributed by atoms with Crippen LogP contribution in [0.25, 0.3) is 0 Å². The summed E-state index contributed by atoms with van der Waals surface area (Å²) in [6, 6.07) is 5.67. The van der Waals surface area contributed by atoms with Crippen LogP contribution in [0.3, 0.4) is 0 Å². The monoisotopic (exact) mass is 272 g/mol. The van der Waals surface area contributed by atoms with Crippen molar-refractivity contribution in [2.45, 2.75) is 18.3 Å². The molecular formula is C12H14Cl2N2O. The van der Waals surface area contributed by atoms with E-state index < -0.39 is 0 Å². The van der Waals surface area contributed by atoms with Gasteiger partial charge in [-0.25, -0.2) is 0 Å². The summed E-state index contributed by atoms with van der Waals surface area (Å²) in [5.41, 5.74) is 1.50. The first-order valence-electron chi connectivity index (χ1n) is 5.55. The molecule has 1 aromatic rings. The van der Waals surface area contributed by atoms with Crippen LogP contribution in [0.15, 0.2) is 18.2 Å². The number of hydrogen-bond donors (Lipinski definition) is 2. The molecule has 3 nitrogen and oxygen atoms in total. The number of amides is 1. The van der Waals surface area contributed by atoms with Gasteiger partial charge in [0.05, 0.1) is 5.41 Å². The van der Waals surface area contributed by atoms with Crippen LogP contribution in [0.4, 0.5) is 5.69 Å². The molecule has 0 unspecified atom stereocenters. The van der Waals surface area contributed by atoms with Gasteiger partial charge in [-0.05, 0) is 38.1 Å². The molecule has 1 amide bonds. The van der Waals surface area contributed by atoms with Gasteiger partial charge in [-0.1, -0.05) is 17.7 Å². The first-order valence-corrected chi connectivity index (χ1v) is 5.93. The molecule has 1 aromatic carbocycles. The Kier molecular flexibility index (Phi) is 3.34. The molecule has 2 N–H and O–H groups in total. The van der Waals surface area contributed by atoms with Crippen LogP contribution in [0, 0.1) is 0 Å². The maximum atomic E-state index is 12.2. The second-order valence-electron chi connectivity index (χ2n) is 4.45. The highest BCUT2D eigenvalue weighted by Gasteiger charge is 2.48. The smallest absolute Gasteiger partial charge is 0.235 e. The molecule has 1 fully saturated rings. The number of hydrogen-bond acceptors (Lipinski definition) is 2. The number of anilines is 1. The molecule has 3 rings (SSSR count). The van der Waals surface area contributed by atoms with Gasteiger partial charge in [0.15, 0.2) is 0 Å². The third kappa shape index (κ3) is 1.73. The summed E-state index contributed by atoms with van der Waals surface area (Å²) < 4.78 is 0. The van der Waals surface area contributed by atoms with Crippen molar-refractivity contribution in [3.8, 4) is 0 Å². The Morgan fingerprint density at radius 3 is 2.65 bits per heavy atom. The molecule has 0 saturated carbocycles. The zero-order chi connectivity index (χ0) is 11.2. The Hall–Kier alpha value is -0.770. The zero-order valence-electron chi connectivity index (χ0n) is 9.25. The quantitative estimate of drug-likeness (QED) is 0.761. The van der Waals surface area contributed by atoms with Crippen molar-refractivity contribution < 1.29 is 4.79 Å². The van der Waals surface area contributed by atoms with Gasteiger partial charge >= 0.3 is 0 Å². The number of nitrogens with one attached hydrogen (secondary N) is 2. The molecule has 1 spiro atoms. The van der Waals surface area contributed by atoms with Crippen LogP contribution in [-0.4, -0.2) is 19.0 Å². The van der Waals surface area contributed by atoms with Crippen molar-refractivity contribution >= 4 is 35.6 Å². The van der Waals surface area contributed by atoms with Crippen LogP contribution in [0.2, 0.25) is 5.02 Å². The van der Waals surface area contributed by atoms with Gasteiger partial charge in [0, 0.05) is 16.3 Å². The molecule has 0 bridgehead atoms. The number of halogens is 2. The highest BCUT2D eigenvalue weighted by molar-refractivity contribution is 6.33. The number of carbonyl (C=O) groups is 1. The topological polar surface area (TPSA) is 41.1 Å². The van der Waals surface area contributed by atoms with E-state index in [0.717, 1.165) is 37.2 Å². The SMILES string of the molecule is Cl.O=C1Nc2cccc(Cl)c2C12CCNCC2. The molecule has 2 heterocycles. The Bertz CT molecular complexity index is 456. The maximum absolute atomic E-state index is 12.2. The van der Waals surface area contributed by atoms with E-state index in [1.807, 2.05) is 18.2 Å². The van der Waals surface area contributed by atoms with Gasteiger partial charge in [0.25, 0.3) is 0 Å². The lowest BCUT2D eigenvalue weighted by molar-refractivity contribution is -0.121. The summed E-state index contributed by atoms with van der Waals surface area (Å²) in [6.07, 6.45) is 1.66. The van der Waals surface area contributed by atoms with Gasteiger partial charge in [-0.2, -0.15) is 0 Å². The molecule has 0 atom stereocenters. The average molecular weight is 273 g/mol. The third-order valence-corrected chi connectivity index (χ3v) is 3.95. The van der Waals surface area contributed by atoms with E-state index in [-0.39, 0.29) is 23.7 Å². The Balaban J connectivity index is 0.00000108. The predicted octanol–water partition coefficient (Wildman–Crippen LogP) is 2.34. The predicted molar refractivity (Wildman–Crippen MR) is 71.1 cm³/mol. The molecule has 1 saturated heterocycles. The van der Waals surface area contributed by atoms with Gasteiger partial charge in [0.2, 0.25) is 5.91 Å². The van der Waals surface area contributed by atoms with Crippen LogP contribution in [0.1, 0.15) is 18.4 Å². The van der Waals surface area contributed by atoms with Crippen molar-refractivity contribution in [1.82, 2.24) is 5.32 Å². The number of benzene rings is 1. The summed E-state index contributed by atoms with van der Waals surface area (Å²) in [5, 5.41) is 6.94. The summed E-state index contributed by atoms with van der Waals surface area (Å²) in [6.45, 7) is 1.75. The van der Waals surface area contributed by atoms with E-state index >= 15 is 0 Å². The van der Waals surface area contributed by atoms with Crippen molar-refractivity contribution in [1.29, 1.82) is 0 Å². The number of fused-ring (bicyclic) bond motifs is 2. The lowest BCUT2D eigenvalue weighted by Crippen LogP contribution is -2.44. The van der Waals surface area contributed by atoms with Gasteiger partial charge in [-0.15, -0.1) is 12.4 Å². The summed E-state index contributed by atoms with van der Waals surface area (Å²) in [4.78, 5) is 12.2. The molecule has 92 valence electrons. The van der Waals surface area contributed by atoms with Gasteiger partial charge < -0.3 is 10.6 Å². The fraction of sp³-hybridized carbons (Fsp3) is 0.417. The van der Waals surface area contributed by atoms with E-state index in [9.17, 15) is 4.79 Å². The van der Waals surface area contributed by atoms with E-state index in [4.69, 9.17) is 11.6 Å². The highest BCUT2D eigenvalue weighted by Crippen LogP contribution is 2.46. The van der Waals surface area contributed by atoms with Crippen molar-refractivity contribution in [2.24, 2.45) is 0 Å². The molecule has 17 heavy (non-hydrogen) atoms. The van der Waals surface area contributed by atoms with Crippen LogP contribution in [0.5, 0.6) is 0 Å². The van der Waals surface area contributed by atoms with E-state index in [2.05, 4.69) is 10.6 Å². The molecule has 0 aromatic heterocycles. The summed E-state index contributed by atoms with van der Waals surface area (Å²) in [5.74, 6) is 0.108. The largest absolute Gasteiger partial charge is 0.325 e. The second-order valence-corrected chi connectivity index (χ2v) is 4.86. The molecule has 0 radical (unpaired) electrons. The van der Waals surface area contributed by atoms with Gasteiger partial charge in [0.1, 0.15) is 0 Å². The van der Waals surface area contributed by atoms with Crippen LogP contribution < -0.4 is 10.6 Å². The minimum Gasteiger partial charge on any atom is -0.325 e. The van der Waals surface area contributed by atoms with E-state index in [0.29, 0.717) is 5.02 Å². The van der Waals surface area contributed by atoms with Crippen LogP contribution >= 0.6 is 24.0 Å². The summed E-state index contributed by atoms with van der Waals surface area (Å²) >= 11 is 6.25. The first kappa shape index (κ1) is 12.7. The molecule has 2 aliphatic heterocycles. The lowest BCUT2D eigenvalue weighted by Gasteiger charge is -2.32. The van der Waals surface area contributed by atoms with E-state index in [1.165, 1.54) is 0 Å². The number of rotatable bonds is 0. The lowest BCUT2D eigenvalue weighted by atomic mass is 9.74. The Labute approximate surface area is 111 Å². The van der Waals surface area contributed by atoms with Gasteiger partial charge in [-0.3, -0.25) is 4.79 Å². The average Bonchev–Trinajstić information content (AvgIpc) is 2.55. The molecule has 2 aliphatic rings. The highest BCUT2D eigenvalue weighted by atomic mass is 35.5. The van der Waals surface area contributed by atoms with Crippen molar-refractivity contribution in [2.75, 3.05) is 18.4 Å². The molecular weight excluding hydrogens is 259 g/mol. The number of piperidine rings is 1. The normalized spacial score (nSPS) is 20.6.